The van der Waals surface area contributed by atoms with Crippen molar-refractivity contribution < 1.29 is 9.53 Å². The lowest BCUT2D eigenvalue weighted by atomic mass is 10.1. The number of aromatic nitrogens is 1. The van der Waals surface area contributed by atoms with Gasteiger partial charge in [-0.3, -0.25) is 0 Å². The van der Waals surface area contributed by atoms with E-state index in [1.54, 1.807) is 19.1 Å². The number of nitrogens with one attached hydrogen (secondary N) is 1. The summed E-state index contributed by atoms with van der Waals surface area (Å²) in [6.07, 6.45) is 0. The maximum Gasteiger partial charge on any atom is 0.355 e. The van der Waals surface area contributed by atoms with Crippen LogP contribution in [0.1, 0.15) is 23.0 Å². The number of benzene rings is 1. The SMILES string of the molecule is CCOC(=O)c1[nH]c2c(Cl)cc(Cl)cc2c1C. The minimum atomic E-state index is -0.381. The van der Waals surface area contributed by atoms with E-state index >= 15 is 0 Å². The van der Waals surface area contributed by atoms with E-state index in [-0.39, 0.29) is 5.97 Å². The van der Waals surface area contributed by atoms with E-state index in [1.807, 2.05) is 6.92 Å². The second kappa shape index (κ2) is 4.59. The van der Waals surface area contributed by atoms with Crippen LogP contribution in [0.4, 0.5) is 0 Å². The smallest absolute Gasteiger partial charge is 0.355 e. The Morgan fingerprint density at radius 1 is 1.41 bits per heavy atom. The molecule has 0 spiro atoms. The molecule has 0 aliphatic heterocycles. The topological polar surface area (TPSA) is 42.1 Å². The quantitative estimate of drug-likeness (QED) is 0.841. The fraction of sp³-hybridized carbons (Fsp3) is 0.250. The third-order valence-corrected chi connectivity index (χ3v) is 3.08. The summed E-state index contributed by atoms with van der Waals surface area (Å²) in [6, 6.07) is 3.41. The molecule has 0 saturated carbocycles. The van der Waals surface area contributed by atoms with E-state index in [0.29, 0.717) is 27.9 Å². The Morgan fingerprint density at radius 3 is 2.76 bits per heavy atom. The number of fused-ring (bicyclic) bond motifs is 1. The number of hydrogen-bond donors (Lipinski definition) is 1. The lowest BCUT2D eigenvalue weighted by Crippen LogP contribution is -2.06. The molecule has 2 aromatic rings. The summed E-state index contributed by atoms with van der Waals surface area (Å²) in [5.41, 5.74) is 1.92. The van der Waals surface area contributed by atoms with Crippen molar-refractivity contribution in [1.82, 2.24) is 4.98 Å². The van der Waals surface area contributed by atoms with Gasteiger partial charge in [0.2, 0.25) is 0 Å². The number of carbonyl (C=O) groups is 1. The van der Waals surface area contributed by atoms with Gasteiger partial charge in [-0.25, -0.2) is 4.79 Å². The Kier molecular flexibility index (Phi) is 3.31. The molecule has 0 unspecified atom stereocenters. The predicted molar refractivity (Wildman–Crippen MR) is 69.0 cm³/mol. The van der Waals surface area contributed by atoms with Gasteiger partial charge in [0.05, 0.1) is 17.1 Å². The molecule has 17 heavy (non-hydrogen) atoms. The number of esters is 1. The van der Waals surface area contributed by atoms with Crippen molar-refractivity contribution in [2.45, 2.75) is 13.8 Å². The first-order chi connectivity index (χ1) is 8.04. The lowest BCUT2D eigenvalue weighted by Gasteiger charge is -1.99. The molecule has 0 fully saturated rings. The summed E-state index contributed by atoms with van der Waals surface area (Å²) in [6.45, 7) is 3.93. The fourth-order valence-electron chi connectivity index (χ4n) is 1.76. The van der Waals surface area contributed by atoms with E-state index in [0.717, 1.165) is 10.9 Å². The van der Waals surface area contributed by atoms with Crippen molar-refractivity contribution in [3.05, 3.63) is 33.4 Å². The van der Waals surface area contributed by atoms with Gasteiger partial charge in [0.25, 0.3) is 0 Å². The van der Waals surface area contributed by atoms with Crippen LogP contribution in [0, 0.1) is 6.92 Å². The number of rotatable bonds is 2. The van der Waals surface area contributed by atoms with Gasteiger partial charge in [0.1, 0.15) is 5.69 Å². The Morgan fingerprint density at radius 2 is 2.12 bits per heavy atom. The molecule has 0 radical (unpaired) electrons. The predicted octanol–water partition coefficient (Wildman–Crippen LogP) is 3.96. The molecule has 1 aromatic carbocycles. The van der Waals surface area contributed by atoms with Crippen molar-refractivity contribution in [3.63, 3.8) is 0 Å². The van der Waals surface area contributed by atoms with Crippen LogP contribution >= 0.6 is 23.2 Å². The van der Waals surface area contributed by atoms with Crippen LogP contribution in [-0.4, -0.2) is 17.6 Å². The molecule has 0 amide bonds. The molecule has 90 valence electrons. The van der Waals surface area contributed by atoms with Crippen molar-refractivity contribution in [1.29, 1.82) is 0 Å². The van der Waals surface area contributed by atoms with E-state index in [2.05, 4.69) is 4.98 Å². The molecular weight excluding hydrogens is 261 g/mol. The zero-order valence-corrected chi connectivity index (χ0v) is 10.9. The molecule has 2 rings (SSSR count). The molecule has 0 bridgehead atoms. The van der Waals surface area contributed by atoms with Gasteiger partial charge < -0.3 is 9.72 Å². The lowest BCUT2D eigenvalue weighted by molar-refractivity contribution is 0.0520. The highest BCUT2D eigenvalue weighted by Crippen LogP contribution is 2.31. The molecular formula is C12H11Cl2NO2. The number of H-pyrrole nitrogens is 1. The number of ether oxygens (including phenoxy) is 1. The third-order valence-electron chi connectivity index (χ3n) is 2.56. The van der Waals surface area contributed by atoms with E-state index in [4.69, 9.17) is 27.9 Å². The summed E-state index contributed by atoms with van der Waals surface area (Å²) in [7, 11) is 0. The van der Waals surface area contributed by atoms with Crippen molar-refractivity contribution in [2.24, 2.45) is 0 Å². The normalized spacial score (nSPS) is 10.8. The number of aryl methyl sites for hydroxylation is 1. The second-order valence-corrected chi connectivity index (χ2v) is 4.50. The van der Waals surface area contributed by atoms with Crippen LogP contribution < -0.4 is 0 Å². The second-order valence-electron chi connectivity index (χ2n) is 3.66. The summed E-state index contributed by atoms with van der Waals surface area (Å²) < 4.78 is 4.96. The minimum Gasteiger partial charge on any atom is -0.461 e. The molecule has 0 saturated heterocycles. The van der Waals surface area contributed by atoms with Gasteiger partial charge >= 0.3 is 5.97 Å². The van der Waals surface area contributed by atoms with Crippen molar-refractivity contribution in [3.8, 4) is 0 Å². The number of carbonyl (C=O) groups excluding carboxylic acids is 1. The average Bonchev–Trinajstić information content (AvgIpc) is 2.57. The van der Waals surface area contributed by atoms with Crippen LogP contribution in [-0.2, 0) is 4.74 Å². The van der Waals surface area contributed by atoms with Gasteiger partial charge in [-0.05, 0) is 31.5 Å². The van der Waals surface area contributed by atoms with Gasteiger partial charge in [0, 0.05) is 10.4 Å². The number of hydrogen-bond acceptors (Lipinski definition) is 2. The summed E-state index contributed by atoms with van der Waals surface area (Å²) >= 11 is 12.0. The zero-order valence-electron chi connectivity index (χ0n) is 9.43. The molecule has 1 aromatic heterocycles. The summed E-state index contributed by atoms with van der Waals surface area (Å²) in [5, 5.41) is 1.87. The molecule has 1 heterocycles. The molecule has 0 aliphatic carbocycles. The van der Waals surface area contributed by atoms with Crippen LogP contribution in [0.15, 0.2) is 12.1 Å². The van der Waals surface area contributed by atoms with Gasteiger partial charge in [-0.2, -0.15) is 0 Å². The van der Waals surface area contributed by atoms with Crippen LogP contribution in [0.25, 0.3) is 10.9 Å². The molecule has 0 aliphatic rings. The van der Waals surface area contributed by atoms with E-state index in [9.17, 15) is 4.79 Å². The molecule has 0 atom stereocenters. The summed E-state index contributed by atoms with van der Waals surface area (Å²) in [4.78, 5) is 14.7. The maximum atomic E-state index is 11.7. The first kappa shape index (κ1) is 12.3. The maximum absolute atomic E-state index is 11.7. The Balaban J connectivity index is 2.64. The highest BCUT2D eigenvalue weighted by molar-refractivity contribution is 6.38. The zero-order chi connectivity index (χ0) is 12.6. The first-order valence-electron chi connectivity index (χ1n) is 5.19. The van der Waals surface area contributed by atoms with Crippen LogP contribution in [0.5, 0.6) is 0 Å². The van der Waals surface area contributed by atoms with Crippen molar-refractivity contribution in [2.75, 3.05) is 6.61 Å². The van der Waals surface area contributed by atoms with E-state index in [1.165, 1.54) is 0 Å². The largest absolute Gasteiger partial charge is 0.461 e. The molecule has 3 nitrogen and oxygen atoms in total. The highest BCUT2D eigenvalue weighted by atomic mass is 35.5. The first-order valence-corrected chi connectivity index (χ1v) is 5.94. The van der Waals surface area contributed by atoms with Crippen molar-refractivity contribution >= 4 is 40.1 Å². The highest BCUT2D eigenvalue weighted by Gasteiger charge is 2.17. The Bertz CT molecular complexity index is 590. The van der Waals surface area contributed by atoms with Gasteiger partial charge in [-0.1, -0.05) is 23.2 Å². The standard InChI is InChI=1S/C12H11Cl2NO2/c1-3-17-12(16)10-6(2)8-4-7(13)5-9(14)11(8)15-10/h4-5,15H,3H2,1-2H3. The third kappa shape index (κ3) is 2.13. The molecule has 5 heteroatoms. The molecule has 1 N–H and O–H groups in total. The minimum absolute atomic E-state index is 0.335. The monoisotopic (exact) mass is 271 g/mol. The van der Waals surface area contributed by atoms with Crippen LogP contribution in [0.3, 0.4) is 0 Å². The number of halogens is 2. The fourth-order valence-corrected chi connectivity index (χ4v) is 2.30. The van der Waals surface area contributed by atoms with Gasteiger partial charge in [0.15, 0.2) is 0 Å². The van der Waals surface area contributed by atoms with Crippen LogP contribution in [0.2, 0.25) is 10.0 Å². The average molecular weight is 272 g/mol. The van der Waals surface area contributed by atoms with E-state index < -0.39 is 0 Å². The van der Waals surface area contributed by atoms with Gasteiger partial charge in [-0.15, -0.1) is 0 Å². The Labute approximate surface area is 109 Å². The Hall–Kier alpha value is -1.19. The summed E-state index contributed by atoms with van der Waals surface area (Å²) in [5.74, 6) is -0.381. The number of aromatic amines is 1.